The van der Waals surface area contributed by atoms with Gasteiger partial charge in [-0.15, -0.1) is 0 Å². The maximum absolute atomic E-state index is 11.8. The fourth-order valence-corrected chi connectivity index (χ4v) is 4.75. The second kappa shape index (κ2) is 8.24. The van der Waals surface area contributed by atoms with Crippen LogP contribution in [0.3, 0.4) is 0 Å². The highest BCUT2D eigenvalue weighted by atomic mass is 32.1. The molecule has 0 bridgehead atoms. The van der Waals surface area contributed by atoms with E-state index in [1.54, 1.807) is 23.7 Å². The molecule has 1 aromatic carbocycles. The molecule has 7 nitrogen and oxygen atoms in total. The highest BCUT2D eigenvalue weighted by Crippen LogP contribution is 2.35. The molecule has 3 N–H and O–H groups in total. The number of H-pyrrole nitrogens is 2. The molecular weight excluding hydrogens is 444 g/mol. The second-order valence-corrected chi connectivity index (χ2v) is 8.77. The highest BCUT2D eigenvalue weighted by molar-refractivity contribution is 7.08. The van der Waals surface area contributed by atoms with Crippen molar-refractivity contribution in [1.82, 2.24) is 25.1 Å². The number of hydrogen-bond donors (Lipinski definition) is 3. The molecule has 8 heteroatoms. The zero-order valence-corrected chi connectivity index (χ0v) is 19.1. The molecule has 0 unspecified atom stereocenters. The minimum Gasteiger partial charge on any atom is -0.353 e. The van der Waals surface area contributed by atoms with Crippen molar-refractivity contribution >= 4 is 44.9 Å². The zero-order valence-electron chi connectivity index (χ0n) is 18.3. The number of fused-ring (bicyclic) bond motifs is 2. The minimum atomic E-state index is -0.0554. The summed E-state index contributed by atoms with van der Waals surface area (Å²) in [6.45, 7) is 1.82. The van der Waals surface area contributed by atoms with Gasteiger partial charge in [0, 0.05) is 29.1 Å². The summed E-state index contributed by atoms with van der Waals surface area (Å²) in [6, 6.07) is 16.3. The fourth-order valence-electron chi connectivity index (χ4n) is 4.10. The molecule has 6 aromatic rings. The number of rotatable bonds is 5. The topological polar surface area (TPSA) is 99.4 Å². The SMILES string of the molecule is CCC(=O)Nc1cncc(-c2ccc3[nH]nc(-c4cc5c(-c6ccsc6)cccc5[nH]4)c3n2)c1. The van der Waals surface area contributed by atoms with Crippen LogP contribution in [0.5, 0.6) is 0 Å². The lowest BCUT2D eigenvalue weighted by atomic mass is 10.0. The normalized spacial score (nSPS) is 11.3. The van der Waals surface area contributed by atoms with Gasteiger partial charge in [-0.05, 0) is 58.3 Å². The second-order valence-electron chi connectivity index (χ2n) is 7.99. The molecular formula is C26H20N6OS. The monoisotopic (exact) mass is 464 g/mol. The molecule has 0 saturated carbocycles. The summed E-state index contributed by atoms with van der Waals surface area (Å²) in [5, 5.41) is 15.9. The number of hydrogen-bond acceptors (Lipinski definition) is 5. The summed E-state index contributed by atoms with van der Waals surface area (Å²) < 4.78 is 0. The number of amides is 1. The minimum absolute atomic E-state index is 0.0554. The van der Waals surface area contributed by atoms with E-state index >= 15 is 0 Å². The summed E-state index contributed by atoms with van der Waals surface area (Å²) in [5.41, 5.74) is 8.93. The number of nitrogens with zero attached hydrogens (tertiary/aromatic N) is 3. The number of anilines is 1. The quantitative estimate of drug-likeness (QED) is 0.281. The van der Waals surface area contributed by atoms with Gasteiger partial charge in [0.05, 0.1) is 28.8 Å². The molecule has 6 rings (SSSR count). The number of benzene rings is 1. The summed E-state index contributed by atoms with van der Waals surface area (Å²) >= 11 is 1.69. The lowest BCUT2D eigenvalue weighted by molar-refractivity contribution is -0.115. The molecule has 0 saturated heterocycles. The van der Waals surface area contributed by atoms with Crippen LogP contribution in [0.1, 0.15) is 13.3 Å². The first-order chi connectivity index (χ1) is 16.7. The zero-order chi connectivity index (χ0) is 23.1. The Bertz CT molecular complexity index is 1650. The molecule has 0 aliphatic rings. The molecule has 0 fully saturated rings. The van der Waals surface area contributed by atoms with E-state index in [1.807, 2.05) is 25.1 Å². The number of carbonyl (C=O) groups excluding carboxylic acids is 1. The first-order valence-electron chi connectivity index (χ1n) is 10.9. The molecule has 1 amide bonds. The maximum Gasteiger partial charge on any atom is 0.224 e. The van der Waals surface area contributed by atoms with Gasteiger partial charge in [0.15, 0.2) is 0 Å². The van der Waals surface area contributed by atoms with Crippen molar-refractivity contribution in [2.75, 3.05) is 5.32 Å². The Labute approximate surface area is 198 Å². The molecule has 5 heterocycles. The van der Waals surface area contributed by atoms with Gasteiger partial charge in [0.1, 0.15) is 11.2 Å². The molecule has 34 heavy (non-hydrogen) atoms. The average Bonchev–Trinajstić information content (AvgIpc) is 3.62. The van der Waals surface area contributed by atoms with E-state index in [1.165, 1.54) is 11.1 Å². The van der Waals surface area contributed by atoms with Crippen LogP contribution >= 0.6 is 11.3 Å². The molecule has 5 aromatic heterocycles. The van der Waals surface area contributed by atoms with Crippen molar-refractivity contribution < 1.29 is 4.79 Å². The fraction of sp³-hybridized carbons (Fsp3) is 0.0769. The smallest absolute Gasteiger partial charge is 0.224 e. The number of pyridine rings is 2. The lowest BCUT2D eigenvalue weighted by Gasteiger charge is -2.06. The summed E-state index contributed by atoms with van der Waals surface area (Å²) in [6.07, 6.45) is 3.78. The highest BCUT2D eigenvalue weighted by Gasteiger charge is 2.16. The van der Waals surface area contributed by atoms with Crippen LogP contribution in [0.15, 0.2) is 71.7 Å². The summed E-state index contributed by atoms with van der Waals surface area (Å²) in [5.74, 6) is -0.0554. The van der Waals surface area contributed by atoms with E-state index < -0.39 is 0 Å². The average molecular weight is 465 g/mol. The Balaban J connectivity index is 1.43. The molecule has 0 atom stereocenters. The molecule has 0 aliphatic carbocycles. The maximum atomic E-state index is 11.8. The Morgan fingerprint density at radius 1 is 1.06 bits per heavy atom. The van der Waals surface area contributed by atoms with Gasteiger partial charge >= 0.3 is 0 Å². The first-order valence-corrected chi connectivity index (χ1v) is 11.9. The standard InChI is InChI=1S/C26H20N6OS/c1-2-24(33)28-17-10-16(12-27-13-17)20-6-7-22-25(30-20)26(32-31-22)23-11-19-18(15-8-9-34-14-15)4-3-5-21(19)29-23/h3-14,29H,2H2,1H3,(H,28,33)(H,31,32). The van der Waals surface area contributed by atoms with Gasteiger partial charge in [0.25, 0.3) is 0 Å². The predicted molar refractivity (Wildman–Crippen MR) is 137 cm³/mol. The van der Waals surface area contributed by atoms with Crippen LogP contribution in [-0.2, 0) is 4.79 Å². The van der Waals surface area contributed by atoms with Crippen LogP contribution in [-0.4, -0.2) is 31.1 Å². The van der Waals surface area contributed by atoms with Crippen molar-refractivity contribution in [3.05, 3.63) is 71.7 Å². The van der Waals surface area contributed by atoms with E-state index in [0.717, 1.165) is 44.6 Å². The van der Waals surface area contributed by atoms with Crippen molar-refractivity contribution in [1.29, 1.82) is 0 Å². The van der Waals surface area contributed by atoms with Gasteiger partial charge in [0.2, 0.25) is 5.91 Å². The Morgan fingerprint density at radius 2 is 2.00 bits per heavy atom. The lowest BCUT2D eigenvalue weighted by Crippen LogP contribution is -2.09. The van der Waals surface area contributed by atoms with Crippen LogP contribution in [0, 0.1) is 0 Å². The molecule has 0 aliphatic heterocycles. The molecule has 0 spiro atoms. The number of carbonyl (C=O) groups is 1. The molecule has 0 radical (unpaired) electrons. The van der Waals surface area contributed by atoms with Crippen LogP contribution < -0.4 is 5.32 Å². The van der Waals surface area contributed by atoms with E-state index in [-0.39, 0.29) is 5.91 Å². The predicted octanol–water partition coefficient (Wildman–Crippen LogP) is 6.25. The van der Waals surface area contributed by atoms with Gasteiger partial charge in [-0.1, -0.05) is 19.1 Å². The van der Waals surface area contributed by atoms with Gasteiger partial charge in [-0.2, -0.15) is 16.4 Å². The van der Waals surface area contributed by atoms with E-state index in [2.05, 4.69) is 66.6 Å². The van der Waals surface area contributed by atoms with Gasteiger partial charge < -0.3 is 10.3 Å². The van der Waals surface area contributed by atoms with E-state index in [4.69, 9.17) is 4.98 Å². The Hall–Kier alpha value is -4.30. The van der Waals surface area contributed by atoms with E-state index in [0.29, 0.717) is 12.1 Å². The van der Waals surface area contributed by atoms with Crippen LogP contribution in [0.25, 0.3) is 55.7 Å². The largest absolute Gasteiger partial charge is 0.353 e. The van der Waals surface area contributed by atoms with Crippen LogP contribution in [0.2, 0.25) is 0 Å². The van der Waals surface area contributed by atoms with Crippen molar-refractivity contribution in [2.24, 2.45) is 0 Å². The van der Waals surface area contributed by atoms with Crippen molar-refractivity contribution in [2.45, 2.75) is 13.3 Å². The first kappa shape index (κ1) is 20.3. The van der Waals surface area contributed by atoms with Crippen molar-refractivity contribution in [3.8, 4) is 33.8 Å². The molecule has 166 valence electrons. The number of aromatic nitrogens is 5. The number of thiophene rings is 1. The Kier molecular flexibility index (Phi) is 4.92. The van der Waals surface area contributed by atoms with Crippen LogP contribution in [0.4, 0.5) is 5.69 Å². The third-order valence-electron chi connectivity index (χ3n) is 5.80. The Morgan fingerprint density at radius 3 is 2.85 bits per heavy atom. The summed E-state index contributed by atoms with van der Waals surface area (Å²) in [7, 11) is 0. The third kappa shape index (κ3) is 3.54. The number of nitrogens with one attached hydrogen (secondary N) is 3. The third-order valence-corrected chi connectivity index (χ3v) is 6.48. The van der Waals surface area contributed by atoms with E-state index in [9.17, 15) is 4.79 Å². The summed E-state index contributed by atoms with van der Waals surface area (Å²) in [4.78, 5) is 24.5. The van der Waals surface area contributed by atoms with Gasteiger partial charge in [-0.3, -0.25) is 14.9 Å². The van der Waals surface area contributed by atoms with Crippen molar-refractivity contribution in [3.63, 3.8) is 0 Å². The number of aromatic amines is 2. The van der Waals surface area contributed by atoms with Gasteiger partial charge in [-0.25, -0.2) is 4.98 Å².